The van der Waals surface area contributed by atoms with E-state index in [1.165, 1.54) is 0 Å². The van der Waals surface area contributed by atoms with Crippen LogP contribution in [-0.4, -0.2) is 62.3 Å². The van der Waals surface area contributed by atoms with E-state index in [4.69, 9.17) is 0 Å². The van der Waals surface area contributed by atoms with Crippen LogP contribution in [0, 0.1) is 0 Å². The van der Waals surface area contributed by atoms with Gasteiger partial charge in [-0.2, -0.15) is 4.31 Å². The van der Waals surface area contributed by atoms with Gasteiger partial charge in [0.15, 0.2) is 0 Å². The molecule has 0 bridgehead atoms. The topological polar surface area (TPSA) is 69.7 Å². The molecule has 2 aliphatic heterocycles. The summed E-state index contributed by atoms with van der Waals surface area (Å²) in [6, 6.07) is 12.9. The van der Waals surface area contributed by atoms with Crippen molar-refractivity contribution >= 4 is 39.1 Å². The molecule has 2 aromatic carbocycles. The largest absolute Gasteiger partial charge is 0.336 e. The molecular weight excluding hydrogens is 386 g/mol. The van der Waals surface area contributed by atoms with Crippen LogP contribution in [0.4, 0.5) is 0 Å². The highest BCUT2D eigenvalue weighted by Gasteiger charge is 2.35. The van der Waals surface area contributed by atoms with E-state index in [1.54, 1.807) is 16.4 Å². The Morgan fingerprint density at radius 3 is 2.63 bits per heavy atom. The molecule has 2 saturated heterocycles. The zero-order valence-electron chi connectivity index (χ0n) is 15.0. The van der Waals surface area contributed by atoms with E-state index in [-0.39, 0.29) is 24.4 Å². The van der Waals surface area contributed by atoms with Crippen molar-refractivity contribution in [1.29, 1.82) is 0 Å². The highest BCUT2D eigenvalue weighted by Crippen LogP contribution is 2.28. The number of piperazine rings is 1. The molecule has 8 heteroatoms. The van der Waals surface area contributed by atoms with Crippen molar-refractivity contribution in [3.05, 3.63) is 42.5 Å². The quantitative estimate of drug-likeness (QED) is 0.839. The molecule has 0 aliphatic carbocycles. The van der Waals surface area contributed by atoms with Crippen molar-refractivity contribution in [3.8, 4) is 0 Å². The van der Waals surface area contributed by atoms with Crippen molar-refractivity contribution in [1.82, 2.24) is 14.5 Å². The van der Waals surface area contributed by atoms with Gasteiger partial charge in [-0.15, -0.1) is 12.4 Å². The molecule has 2 aromatic rings. The summed E-state index contributed by atoms with van der Waals surface area (Å²) in [6.07, 6.45) is 1.62. The minimum absolute atomic E-state index is 0. The normalized spacial score (nSPS) is 21.9. The summed E-state index contributed by atoms with van der Waals surface area (Å²) in [6.45, 7) is 2.62. The summed E-state index contributed by atoms with van der Waals surface area (Å²) in [5.41, 5.74) is 0. The van der Waals surface area contributed by atoms with Gasteiger partial charge in [0.05, 0.1) is 11.4 Å². The maximum absolute atomic E-state index is 13.3. The van der Waals surface area contributed by atoms with Crippen LogP contribution in [0.3, 0.4) is 0 Å². The number of piperidine rings is 1. The van der Waals surface area contributed by atoms with E-state index in [9.17, 15) is 13.2 Å². The molecule has 1 amide bonds. The van der Waals surface area contributed by atoms with Crippen LogP contribution in [0.25, 0.3) is 10.8 Å². The predicted molar refractivity (Wildman–Crippen MR) is 108 cm³/mol. The number of amides is 1. The third-order valence-corrected chi connectivity index (χ3v) is 7.22. The number of nitrogens with zero attached hydrogens (tertiary/aromatic N) is 2. The van der Waals surface area contributed by atoms with Gasteiger partial charge < -0.3 is 10.2 Å². The van der Waals surface area contributed by atoms with Crippen LogP contribution < -0.4 is 5.32 Å². The lowest BCUT2D eigenvalue weighted by atomic mass is 10.1. The van der Waals surface area contributed by atoms with Crippen LogP contribution in [0.1, 0.15) is 12.8 Å². The van der Waals surface area contributed by atoms with Gasteiger partial charge in [-0.1, -0.05) is 36.4 Å². The SMILES string of the molecule is Cl.O=C1CNCCN1C1CCCN(S(=O)(=O)c2cccc3ccccc23)C1. The summed E-state index contributed by atoms with van der Waals surface area (Å²) in [4.78, 5) is 14.4. The molecule has 4 rings (SSSR count). The minimum atomic E-state index is -3.60. The summed E-state index contributed by atoms with van der Waals surface area (Å²) in [7, 11) is -3.60. The Labute approximate surface area is 166 Å². The Balaban J connectivity index is 0.00000210. The molecule has 0 radical (unpaired) electrons. The fourth-order valence-electron chi connectivity index (χ4n) is 3.96. The number of fused-ring (bicyclic) bond motifs is 1. The Morgan fingerprint density at radius 2 is 1.81 bits per heavy atom. The molecular formula is C19H24ClN3O3S. The first kappa shape index (κ1) is 20.1. The maximum atomic E-state index is 13.3. The van der Waals surface area contributed by atoms with Gasteiger partial charge in [-0.25, -0.2) is 8.42 Å². The Hall–Kier alpha value is -1.67. The summed E-state index contributed by atoms with van der Waals surface area (Å²) in [5, 5.41) is 4.73. The number of hydrogen-bond acceptors (Lipinski definition) is 4. The van der Waals surface area contributed by atoms with Gasteiger partial charge in [0.1, 0.15) is 0 Å². The zero-order chi connectivity index (χ0) is 18.1. The van der Waals surface area contributed by atoms with E-state index < -0.39 is 10.0 Å². The fourth-order valence-corrected chi connectivity index (χ4v) is 5.69. The smallest absolute Gasteiger partial charge is 0.243 e. The molecule has 27 heavy (non-hydrogen) atoms. The van der Waals surface area contributed by atoms with E-state index in [0.717, 1.165) is 30.2 Å². The molecule has 1 N–H and O–H groups in total. The summed E-state index contributed by atoms with van der Waals surface area (Å²) >= 11 is 0. The van der Waals surface area contributed by atoms with Gasteiger partial charge in [-0.05, 0) is 24.3 Å². The first-order valence-electron chi connectivity index (χ1n) is 9.05. The second-order valence-electron chi connectivity index (χ2n) is 6.90. The monoisotopic (exact) mass is 409 g/mol. The minimum Gasteiger partial charge on any atom is -0.336 e. The van der Waals surface area contributed by atoms with Crippen LogP contribution in [0.15, 0.2) is 47.4 Å². The van der Waals surface area contributed by atoms with Gasteiger partial charge in [0.2, 0.25) is 15.9 Å². The van der Waals surface area contributed by atoms with Crippen LogP contribution in [0.2, 0.25) is 0 Å². The van der Waals surface area contributed by atoms with Crippen molar-refractivity contribution < 1.29 is 13.2 Å². The molecule has 0 spiro atoms. The van der Waals surface area contributed by atoms with Gasteiger partial charge in [0.25, 0.3) is 0 Å². The van der Waals surface area contributed by atoms with Crippen molar-refractivity contribution in [2.75, 3.05) is 32.7 Å². The molecule has 0 saturated carbocycles. The van der Waals surface area contributed by atoms with Gasteiger partial charge >= 0.3 is 0 Å². The molecule has 1 atom stereocenters. The second-order valence-corrected chi connectivity index (χ2v) is 8.81. The highest BCUT2D eigenvalue weighted by molar-refractivity contribution is 7.89. The van der Waals surface area contributed by atoms with Crippen LogP contribution >= 0.6 is 12.4 Å². The lowest BCUT2D eigenvalue weighted by Crippen LogP contribution is -2.57. The fraction of sp³-hybridized carbons (Fsp3) is 0.421. The molecule has 2 aliphatic rings. The molecule has 0 aromatic heterocycles. The first-order chi connectivity index (χ1) is 12.6. The maximum Gasteiger partial charge on any atom is 0.243 e. The second kappa shape index (κ2) is 8.14. The highest BCUT2D eigenvalue weighted by atomic mass is 35.5. The van der Waals surface area contributed by atoms with E-state index in [1.807, 2.05) is 35.2 Å². The average molecular weight is 410 g/mol. The number of sulfonamides is 1. The van der Waals surface area contributed by atoms with E-state index in [0.29, 0.717) is 31.1 Å². The third-order valence-electron chi connectivity index (χ3n) is 5.29. The lowest BCUT2D eigenvalue weighted by molar-refractivity contribution is -0.135. The Kier molecular flexibility index (Phi) is 6.05. The number of hydrogen-bond donors (Lipinski definition) is 1. The van der Waals surface area contributed by atoms with Crippen molar-refractivity contribution in [2.45, 2.75) is 23.8 Å². The third kappa shape index (κ3) is 3.82. The number of carbonyl (C=O) groups excluding carboxylic acids is 1. The standard InChI is InChI=1S/C19H23N3O3S.ClH/c23-19-13-20-10-12-22(19)16-7-4-11-21(14-16)26(24,25)18-9-3-6-15-5-1-2-8-17(15)18;/h1-3,5-6,8-9,16,20H,4,7,10-14H2;1H. The van der Waals surface area contributed by atoms with Crippen molar-refractivity contribution in [2.24, 2.45) is 0 Å². The number of benzene rings is 2. The first-order valence-corrected chi connectivity index (χ1v) is 10.5. The molecule has 2 fully saturated rings. The summed E-state index contributed by atoms with van der Waals surface area (Å²) in [5.74, 6) is 0.0608. The Morgan fingerprint density at radius 1 is 1.04 bits per heavy atom. The van der Waals surface area contributed by atoms with Gasteiger partial charge in [-0.3, -0.25) is 4.79 Å². The van der Waals surface area contributed by atoms with E-state index in [2.05, 4.69) is 5.32 Å². The number of halogens is 1. The Bertz CT molecular complexity index is 929. The molecule has 6 nitrogen and oxygen atoms in total. The van der Waals surface area contributed by atoms with Crippen LogP contribution in [-0.2, 0) is 14.8 Å². The van der Waals surface area contributed by atoms with Crippen LogP contribution in [0.5, 0.6) is 0 Å². The number of nitrogens with one attached hydrogen (secondary N) is 1. The predicted octanol–water partition coefficient (Wildman–Crippen LogP) is 1.85. The summed E-state index contributed by atoms with van der Waals surface area (Å²) < 4.78 is 28.2. The number of carbonyl (C=O) groups is 1. The van der Waals surface area contributed by atoms with Crippen molar-refractivity contribution in [3.63, 3.8) is 0 Å². The number of rotatable bonds is 3. The lowest BCUT2D eigenvalue weighted by Gasteiger charge is -2.40. The molecule has 1 unspecified atom stereocenters. The molecule has 146 valence electrons. The zero-order valence-corrected chi connectivity index (χ0v) is 16.6. The van der Waals surface area contributed by atoms with E-state index >= 15 is 0 Å². The molecule has 2 heterocycles. The average Bonchev–Trinajstić information content (AvgIpc) is 2.68. The van der Waals surface area contributed by atoms with Gasteiger partial charge in [0, 0.05) is 37.6 Å².